The molecule has 13 nitrogen and oxygen atoms in total. The second-order valence-electron chi connectivity index (χ2n) is 8.24. The van der Waals surface area contributed by atoms with Crippen LogP contribution in [0.15, 0.2) is 6.07 Å². The lowest BCUT2D eigenvalue weighted by molar-refractivity contribution is -0.232. The minimum Gasteiger partial charge on any atom is -0.507 e. The SMILES string of the molecule is Cc1c(C(=O)O)c(O)cc2c1C(=O)c1c(O)c([C@@H]3O[C@@H](CO)[C@@H](O)[C@@H](O)[C@H]3O)c(O)c(O)c1C2=O. The molecule has 0 spiro atoms. The quantitative estimate of drug-likeness (QED) is 0.154. The van der Waals surface area contributed by atoms with E-state index in [2.05, 4.69) is 0 Å². The van der Waals surface area contributed by atoms with Crippen LogP contribution >= 0.6 is 0 Å². The molecule has 0 unspecified atom stereocenters. The molecular weight excluding hydrogens is 472 g/mol. The summed E-state index contributed by atoms with van der Waals surface area (Å²) in [5.41, 5.74) is -4.49. The Morgan fingerprint density at radius 3 is 2.06 bits per heavy atom. The normalized spacial score (nSPS) is 25.8. The summed E-state index contributed by atoms with van der Waals surface area (Å²) in [5.74, 6) is -8.24. The molecule has 2 aromatic carbocycles. The predicted octanol–water partition coefficient (Wildman–Crippen LogP) is -1.19. The molecule has 1 fully saturated rings. The van der Waals surface area contributed by atoms with Gasteiger partial charge in [-0.05, 0) is 18.6 Å². The van der Waals surface area contributed by atoms with Gasteiger partial charge in [0.2, 0.25) is 0 Å². The number of aromatic carboxylic acids is 1. The van der Waals surface area contributed by atoms with Crippen molar-refractivity contribution in [2.24, 2.45) is 0 Å². The highest BCUT2D eigenvalue weighted by atomic mass is 16.5. The van der Waals surface area contributed by atoms with E-state index in [1.807, 2.05) is 0 Å². The number of aliphatic hydroxyl groups excluding tert-OH is 4. The van der Waals surface area contributed by atoms with Crippen molar-refractivity contribution in [1.82, 2.24) is 0 Å². The molecule has 1 aliphatic carbocycles. The van der Waals surface area contributed by atoms with Crippen molar-refractivity contribution < 1.29 is 65.1 Å². The average molecular weight is 492 g/mol. The number of hydrogen-bond donors (Lipinski definition) is 9. The molecule has 0 amide bonds. The number of carbonyl (C=O) groups excluding carboxylic acids is 2. The summed E-state index contributed by atoms with van der Waals surface area (Å²) >= 11 is 0. The molecule has 2 aliphatic rings. The predicted molar refractivity (Wildman–Crippen MR) is 111 cm³/mol. The van der Waals surface area contributed by atoms with Crippen LogP contribution in [0.3, 0.4) is 0 Å². The molecule has 5 atom stereocenters. The van der Waals surface area contributed by atoms with Gasteiger partial charge >= 0.3 is 5.97 Å². The van der Waals surface area contributed by atoms with E-state index >= 15 is 0 Å². The number of carboxylic acids is 1. The first-order valence-corrected chi connectivity index (χ1v) is 10.2. The fraction of sp³-hybridized carbons (Fsp3) is 0.318. The maximum absolute atomic E-state index is 13.4. The molecular formula is C22H20O13. The van der Waals surface area contributed by atoms with Crippen LogP contribution in [0.25, 0.3) is 0 Å². The standard InChI is InChI=1S/C22H20O13/c1-4-8-5(2-6(24)9(4)22(33)34)13(25)10-11(15(8)27)16(28)12(18(30)17(10)29)21-20(32)19(31)14(26)7(3-23)35-21/h2,7,14,19-21,23-24,26,28-32H,3H2,1H3,(H,33,34)/t7-,14+,19+,20+,21-/m0/s1. The number of carbonyl (C=O) groups is 3. The van der Waals surface area contributed by atoms with E-state index in [0.29, 0.717) is 6.07 Å². The Morgan fingerprint density at radius 1 is 0.886 bits per heavy atom. The summed E-state index contributed by atoms with van der Waals surface area (Å²) in [6, 6.07) is 0.716. The number of rotatable bonds is 3. The molecule has 0 radical (unpaired) electrons. The Bertz CT molecular complexity index is 1300. The third-order valence-corrected chi connectivity index (χ3v) is 6.33. The fourth-order valence-electron chi connectivity index (χ4n) is 4.58. The van der Waals surface area contributed by atoms with Crippen LogP contribution in [-0.2, 0) is 4.74 Å². The highest BCUT2D eigenvalue weighted by molar-refractivity contribution is 6.31. The molecule has 4 rings (SSSR count). The van der Waals surface area contributed by atoms with Gasteiger partial charge in [-0.3, -0.25) is 9.59 Å². The van der Waals surface area contributed by atoms with E-state index in [1.165, 1.54) is 0 Å². The van der Waals surface area contributed by atoms with Crippen LogP contribution in [0, 0.1) is 6.92 Å². The maximum Gasteiger partial charge on any atom is 0.339 e. The van der Waals surface area contributed by atoms with Gasteiger partial charge in [0.15, 0.2) is 23.1 Å². The van der Waals surface area contributed by atoms with Gasteiger partial charge in [-0.25, -0.2) is 4.79 Å². The van der Waals surface area contributed by atoms with Crippen LogP contribution < -0.4 is 0 Å². The molecule has 9 N–H and O–H groups in total. The second kappa shape index (κ2) is 8.18. The maximum atomic E-state index is 13.4. The number of phenols is 4. The summed E-state index contributed by atoms with van der Waals surface area (Å²) in [5, 5.41) is 91.5. The average Bonchev–Trinajstić information content (AvgIpc) is 2.79. The Labute approximate surface area is 195 Å². The Hall–Kier alpha value is -3.75. The van der Waals surface area contributed by atoms with Crippen molar-refractivity contribution in [1.29, 1.82) is 0 Å². The van der Waals surface area contributed by atoms with Gasteiger partial charge in [0.25, 0.3) is 0 Å². The van der Waals surface area contributed by atoms with Crippen LogP contribution in [0.1, 0.15) is 59.4 Å². The van der Waals surface area contributed by atoms with E-state index in [4.69, 9.17) is 4.74 Å². The van der Waals surface area contributed by atoms with Gasteiger partial charge in [0, 0.05) is 11.1 Å². The molecule has 0 bridgehead atoms. The number of carboxylic acid groups (broad SMARTS) is 1. The first kappa shape index (κ1) is 24.4. The molecule has 1 saturated heterocycles. The van der Waals surface area contributed by atoms with Gasteiger partial charge < -0.3 is 50.7 Å². The van der Waals surface area contributed by atoms with E-state index in [9.17, 15) is 60.3 Å². The van der Waals surface area contributed by atoms with Crippen LogP contribution in [-0.4, -0.2) is 94.5 Å². The zero-order chi connectivity index (χ0) is 26.1. The van der Waals surface area contributed by atoms with Gasteiger partial charge in [-0.2, -0.15) is 0 Å². The molecule has 1 aliphatic heterocycles. The molecule has 1 heterocycles. The Kier molecular flexibility index (Phi) is 5.70. The summed E-state index contributed by atoms with van der Waals surface area (Å²) in [6.07, 6.45) is -9.12. The molecule has 2 aromatic rings. The molecule has 13 heteroatoms. The third-order valence-electron chi connectivity index (χ3n) is 6.33. The first-order chi connectivity index (χ1) is 16.3. The van der Waals surface area contributed by atoms with Crippen LogP contribution in [0.5, 0.6) is 23.0 Å². The lowest BCUT2D eigenvalue weighted by Crippen LogP contribution is -2.55. The van der Waals surface area contributed by atoms with E-state index in [0.717, 1.165) is 6.92 Å². The molecule has 0 aromatic heterocycles. The highest BCUT2D eigenvalue weighted by Crippen LogP contribution is 2.52. The molecule has 0 saturated carbocycles. The van der Waals surface area contributed by atoms with Crippen molar-refractivity contribution in [2.75, 3.05) is 6.61 Å². The summed E-state index contributed by atoms with van der Waals surface area (Å²) < 4.78 is 5.30. The zero-order valence-corrected chi connectivity index (χ0v) is 17.8. The lowest BCUT2D eigenvalue weighted by atomic mass is 9.77. The van der Waals surface area contributed by atoms with Crippen LogP contribution in [0.2, 0.25) is 0 Å². The topological polar surface area (TPSA) is 243 Å². The first-order valence-electron chi connectivity index (χ1n) is 10.2. The van der Waals surface area contributed by atoms with Gasteiger partial charge in [0.05, 0.1) is 23.3 Å². The van der Waals surface area contributed by atoms with E-state index in [-0.39, 0.29) is 5.56 Å². The van der Waals surface area contributed by atoms with E-state index < -0.39 is 111 Å². The molecule has 186 valence electrons. The summed E-state index contributed by atoms with van der Waals surface area (Å²) in [4.78, 5) is 38.1. The zero-order valence-electron chi connectivity index (χ0n) is 17.8. The smallest absolute Gasteiger partial charge is 0.339 e. The van der Waals surface area contributed by atoms with Gasteiger partial charge in [0.1, 0.15) is 47.6 Å². The monoisotopic (exact) mass is 492 g/mol. The van der Waals surface area contributed by atoms with Crippen molar-refractivity contribution in [2.45, 2.75) is 37.4 Å². The van der Waals surface area contributed by atoms with Crippen molar-refractivity contribution in [3.8, 4) is 23.0 Å². The van der Waals surface area contributed by atoms with E-state index in [1.54, 1.807) is 0 Å². The number of fused-ring (bicyclic) bond motifs is 2. The van der Waals surface area contributed by atoms with Gasteiger partial charge in [-0.1, -0.05) is 0 Å². The second-order valence-corrected chi connectivity index (χ2v) is 8.24. The van der Waals surface area contributed by atoms with Crippen molar-refractivity contribution >= 4 is 17.5 Å². The number of phenolic OH excluding ortho intramolecular Hbond substituents is 3. The van der Waals surface area contributed by atoms with Crippen molar-refractivity contribution in [3.05, 3.63) is 45.0 Å². The minimum atomic E-state index is -2.03. The van der Waals surface area contributed by atoms with Crippen LogP contribution in [0.4, 0.5) is 0 Å². The molecule has 35 heavy (non-hydrogen) atoms. The lowest BCUT2D eigenvalue weighted by Gasteiger charge is -2.40. The van der Waals surface area contributed by atoms with Crippen molar-refractivity contribution in [3.63, 3.8) is 0 Å². The highest BCUT2D eigenvalue weighted by Gasteiger charge is 2.48. The minimum absolute atomic E-state index is 0.308. The number of ketones is 2. The Balaban J connectivity index is 1.99. The third kappa shape index (κ3) is 3.25. The largest absolute Gasteiger partial charge is 0.507 e. The van der Waals surface area contributed by atoms with Gasteiger partial charge in [-0.15, -0.1) is 0 Å². The number of benzene rings is 2. The number of hydrogen-bond acceptors (Lipinski definition) is 12. The summed E-state index contributed by atoms with van der Waals surface area (Å²) in [6.45, 7) is 0.291. The number of aromatic hydroxyl groups is 4. The summed E-state index contributed by atoms with van der Waals surface area (Å²) in [7, 11) is 0. The Morgan fingerprint density at radius 2 is 1.49 bits per heavy atom. The number of aliphatic hydroxyl groups is 4. The fourth-order valence-corrected chi connectivity index (χ4v) is 4.58. The number of ether oxygens (including phenoxy) is 1.